The summed E-state index contributed by atoms with van der Waals surface area (Å²) >= 11 is 0. The van der Waals surface area contributed by atoms with Gasteiger partial charge in [0, 0.05) is 19.6 Å². The van der Waals surface area contributed by atoms with Gasteiger partial charge in [-0.1, -0.05) is 0 Å². The summed E-state index contributed by atoms with van der Waals surface area (Å²) in [6.45, 7) is 2.02. The van der Waals surface area contributed by atoms with Crippen LogP contribution in [-0.4, -0.2) is 45.4 Å². The number of rotatable bonds is 1. The van der Waals surface area contributed by atoms with E-state index in [0.29, 0.717) is 13.1 Å². The highest BCUT2D eigenvalue weighted by atomic mass is 32.2. The first-order valence-electron chi connectivity index (χ1n) is 3.43. The second-order valence-corrected chi connectivity index (χ2v) is 4.54. The van der Waals surface area contributed by atoms with Crippen LogP contribution < -0.4 is 10.5 Å². The summed E-state index contributed by atoms with van der Waals surface area (Å²) < 4.78 is 21.6. The molecule has 0 aromatic heterocycles. The number of nitrogens with one attached hydrogen (secondary N) is 1. The van der Waals surface area contributed by atoms with Crippen molar-refractivity contribution >= 4 is 10.0 Å². The molecule has 1 rings (SSSR count). The van der Waals surface area contributed by atoms with E-state index in [4.69, 9.17) is 5.14 Å². The van der Waals surface area contributed by atoms with Crippen molar-refractivity contribution in [2.45, 2.75) is 5.37 Å². The van der Waals surface area contributed by atoms with Crippen LogP contribution >= 0.6 is 0 Å². The molecular weight excluding hydrogens is 166 g/mol. The molecule has 66 valence electrons. The van der Waals surface area contributed by atoms with E-state index in [2.05, 4.69) is 5.32 Å². The van der Waals surface area contributed by atoms with Crippen molar-refractivity contribution in [3.05, 3.63) is 0 Å². The molecule has 1 unspecified atom stereocenters. The molecule has 0 aromatic carbocycles. The van der Waals surface area contributed by atoms with Crippen molar-refractivity contribution in [3.8, 4) is 0 Å². The summed E-state index contributed by atoms with van der Waals surface area (Å²) in [7, 11) is -1.54. The Morgan fingerprint density at radius 3 is 2.64 bits per heavy atom. The summed E-state index contributed by atoms with van der Waals surface area (Å²) in [5, 5.41) is 7.19. The summed E-state index contributed by atoms with van der Waals surface area (Å²) in [5.41, 5.74) is 0. The number of primary sulfonamides is 1. The third kappa shape index (κ3) is 2.41. The Morgan fingerprint density at radius 2 is 2.27 bits per heavy atom. The first-order valence-corrected chi connectivity index (χ1v) is 5.04. The average molecular weight is 179 g/mol. The fourth-order valence-corrected chi connectivity index (χ4v) is 1.89. The fraction of sp³-hybridized carbons (Fsp3) is 1.00. The molecule has 0 radical (unpaired) electrons. The lowest BCUT2D eigenvalue weighted by Crippen LogP contribution is -2.54. The van der Waals surface area contributed by atoms with E-state index >= 15 is 0 Å². The fourth-order valence-electron chi connectivity index (χ4n) is 1.08. The highest BCUT2D eigenvalue weighted by molar-refractivity contribution is 7.89. The van der Waals surface area contributed by atoms with Gasteiger partial charge in [0.2, 0.25) is 10.0 Å². The zero-order chi connectivity index (χ0) is 8.48. The van der Waals surface area contributed by atoms with Crippen molar-refractivity contribution in [2.24, 2.45) is 5.14 Å². The molecule has 1 atom stereocenters. The maximum absolute atomic E-state index is 10.8. The predicted molar refractivity (Wildman–Crippen MR) is 42.4 cm³/mol. The van der Waals surface area contributed by atoms with Crippen LogP contribution in [0.3, 0.4) is 0 Å². The number of hydrogen-bond acceptors (Lipinski definition) is 4. The van der Waals surface area contributed by atoms with Crippen molar-refractivity contribution in [2.75, 3.05) is 26.7 Å². The molecule has 1 aliphatic heterocycles. The van der Waals surface area contributed by atoms with E-state index in [1.807, 2.05) is 11.9 Å². The Morgan fingerprint density at radius 1 is 1.64 bits per heavy atom. The average Bonchev–Trinajstić information content (AvgIpc) is 1.86. The minimum Gasteiger partial charge on any atom is -0.302 e. The Hall–Kier alpha value is -0.170. The molecule has 1 saturated heterocycles. The topological polar surface area (TPSA) is 75.4 Å². The van der Waals surface area contributed by atoms with Gasteiger partial charge in [0.1, 0.15) is 5.37 Å². The minimum absolute atomic E-state index is 0.471. The van der Waals surface area contributed by atoms with Gasteiger partial charge in [-0.15, -0.1) is 0 Å². The van der Waals surface area contributed by atoms with E-state index < -0.39 is 15.4 Å². The SMILES string of the molecule is CN1CCNC(S(N)(=O)=O)C1. The standard InChI is InChI=1S/C5H13N3O2S/c1-8-3-2-7-5(4-8)11(6,9)10/h5,7H,2-4H2,1H3,(H2,6,9,10). The lowest BCUT2D eigenvalue weighted by molar-refractivity contribution is 0.272. The first-order chi connectivity index (χ1) is 5.00. The summed E-state index contributed by atoms with van der Waals surface area (Å²) in [5.74, 6) is 0. The van der Waals surface area contributed by atoms with Crippen LogP contribution in [0.1, 0.15) is 0 Å². The molecule has 11 heavy (non-hydrogen) atoms. The van der Waals surface area contributed by atoms with Crippen LogP contribution in [0, 0.1) is 0 Å². The number of sulfonamides is 1. The molecule has 3 N–H and O–H groups in total. The molecule has 0 spiro atoms. The molecular formula is C5H13N3O2S. The number of piperazine rings is 1. The highest BCUT2D eigenvalue weighted by Gasteiger charge is 2.25. The largest absolute Gasteiger partial charge is 0.302 e. The monoisotopic (exact) mass is 179 g/mol. The summed E-state index contributed by atoms with van der Waals surface area (Å²) in [4.78, 5) is 1.94. The smallest absolute Gasteiger partial charge is 0.226 e. The zero-order valence-electron chi connectivity index (χ0n) is 6.45. The van der Waals surface area contributed by atoms with E-state index in [0.717, 1.165) is 6.54 Å². The molecule has 0 amide bonds. The Kier molecular flexibility index (Phi) is 2.48. The van der Waals surface area contributed by atoms with E-state index in [1.165, 1.54) is 0 Å². The number of hydrogen-bond donors (Lipinski definition) is 2. The van der Waals surface area contributed by atoms with Gasteiger partial charge < -0.3 is 4.90 Å². The molecule has 6 heteroatoms. The predicted octanol–water partition coefficient (Wildman–Crippen LogP) is -1.86. The molecule has 0 bridgehead atoms. The van der Waals surface area contributed by atoms with Crippen LogP contribution in [0.5, 0.6) is 0 Å². The van der Waals surface area contributed by atoms with Gasteiger partial charge in [0.05, 0.1) is 0 Å². The number of nitrogens with zero attached hydrogens (tertiary/aromatic N) is 1. The van der Waals surface area contributed by atoms with E-state index in [-0.39, 0.29) is 0 Å². The normalized spacial score (nSPS) is 28.7. The van der Waals surface area contributed by atoms with Gasteiger partial charge in [-0.05, 0) is 7.05 Å². The minimum atomic E-state index is -3.41. The van der Waals surface area contributed by atoms with Gasteiger partial charge >= 0.3 is 0 Å². The second-order valence-electron chi connectivity index (χ2n) is 2.79. The highest BCUT2D eigenvalue weighted by Crippen LogP contribution is 1.99. The van der Waals surface area contributed by atoms with Gasteiger partial charge in [0.25, 0.3) is 0 Å². The molecule has 0 aliphatic carbocycles. The van der Waals surface area contributed by atoms with Gasteiger partial charge in [0.15, 0.2) is 0 Å². The van der Waals surface area contributed by atoms with Crippen LogP contribution in [0.4, 0.5) is 0 Å². The van der Waals surface area contributed by atoms with Crippen molar-refractivity contribution in [1.29, 1.82) is 0 Å². The van der Waals surface area contributed by atoms with Gasteiger partial charge in [-0.25, -0.2) is 13.6 Å². The van der Waals surface area contributed by atoms with Gasteiger partial charge in [-0.3, -0.25) is 5.32 Å². The molecule has 0 saturated carbocycles. The lowest BCUT2D eigenvalue weighted by atomic mass is 10.4. The molecule has 1 heterocycles. The first kappa shape index (κ1) is 8.92. The molecule has 0 aromatic rings. The molecule has 1 aliphatic rings. The van der Waals surface area contributed by atoms with Crippen LogP contribution in [-0.2, 0) is 10.0 Å². The van der Waals surface area contributed by atoms with Gasteiger partial charge in [-0.2, -0.15) is 0 Å². The maximum atomic E-state index is 10.8. The molecule has 1 fully saturated rings. The van der Waals surface area contributed by atoms with E-state index in [1.54, 1.807) is 0 Å². The van der Waals surface area contributed by atoms with Crippen molar-refractivity contribution < 1.29 is 8.42 Å². The summed E-state index contributed by atoms with van der Waals surface area (Å²) in [6.07, 6.45) is 0. The summed E-state index contributed by atoms with van der Waals surface area (Å²) in [6, 6.07) is 0. The number of nitrogens with two attached hydrogens (primary N) is 1. The third-order valence-electron chi connectivity index (χ3n) is 1.74. The number of likely N-dealkylation sites (N-methyl/N-ethyl adjacent to an activating group) is 1. The Bertz CT molecular complexity index is 226. The molecule has 5 nitrogen and oxygen atoms in total. The van der Waals surface area contributed by atoms with Crippen LogP contribution in [0.15, 0.2) is 0 Å². The zero-order valence-corrected chi connectivity index (χ0v) is 7.26. The maximum Gasteiger partial charge on any atom is 0.226 e. The Balaban J connectivity index is 2.60. The quantitative estimate of drug-likeness (QED) is 0.495. The Labute approximate surface area is 66.6 Å². The van der Waals surface area contributed by atoms with E-state index in [9.17, 15) is 8.42 Å². The van der Waals surface area contributed by atoms with Crippen LogP contribution in [0.2, 0.25) is 0 Å². The lowest BCUT2D eigenvalue weighted by Gasteiger charge is -2.29. The third-order valence-corrected chi connectivity index (χ3v) is 2.85. The van der Waals surface area contributed by atoms with Crippen molar-refractivity contribution in [1.82, 2.24) is 10.2 Å². The second kappa shape index (κ2) is 3.06. The van der Waals surface area contributed by atoms with Crippen molar-refractivity contribution in [3.63, 3.8) is 0 Å². The van der Waals surface area contributed by atoms with Crippen LogP contribution in [0.25, 0.3) is 0 Å².